The highest BCUT2D eigenvalue weighted by molar-refractivity contribution is 5.33. The number of likely N-dealkylation sites (tertiary alicyclic amines) is 1. The normalized spacial score (nSPS) is 29.9. The number of fused-ring (bicyclic) bond motifs is 1. The molecular formula is C16H20FN3. The fourth-order valence-electron chi connectivity index (χ4n) is 3.80. The summed E-state index contributed by atoms with van der Waals surface area (Å²) >= 11 is 0. The second kappa shape index (κ2) is 5.51. The van der Waals surface area contributed by atoms with Gasteiger partial charge in [0, 0.05) is 25.7 Å². The molecule has 2 N–H and O–H groups in total. The molecule has 3 atom stereocenters. The summed E-state index contributed by atoms with van der Waals surface area (Å²) in [5.41, 5.74) is 7.50. The van der Waals surface area contributed by atoms with Gasteiger partial charge in [-0.25, -0.2) is 4.39 Å². The van der Waals surface area contributed by atoms with Crippen LogP contribution in [0.5, 0.6) is 0 Å². The molecule has 20 heavy (non-hydrogen) atoms. The van der Waals surface area contributed by atoms with Crippen LogP contribution in [0.3, 0.4) is 0 Å². The Morgan fingerprint density at radius 2 is 2.15 bits per heavy atom. The summed E-state index contributed by atoms with van der Waals surface area (Å²) in [5, 5.41) is 8.90. The molecule has 2 fully saturated rings. The molecule has 0 amide bonds. The maximum atomic E-state index is 13.5. The highest BCUT2D eigenvalue weighted by atomic mass is 19.1. The van der Waals surface area contributed by atoms with E-state index in [1.807, 2.05) is 6.07 Å². The molecule has 1 aliphatic carbocycles. The van der Waals surface area contributed by atoms with Crippen molar-refractivity contribution in [1.82, 2.24) is 4.90 Å². The first-order chi connectivity index (χ1) is 9.65. The fourth-order valence-corrected chi connectivity index (χ4v) is 3.80. The van der Waals surface area contributed by atoms with Gasteiger partial charge in [-0.05, 0) is 48.4 Å². The van der Waals surface area contributed by atoms with Gasteiger partial charge in [-0.15, -0.1) is 0 Å². The van der Waals surface area contributed by atoms with Gasteiger partial charge in [0.25, 0.3) is 0 Å². The van der Waals surface area contributed by atoms with Gasteiger partial charge < -0.3 is 5.73 Å². The fraction of sp³-hybridized carbons (Fsp3) is 0.562. The summed E-state index contributed by atoms with van der Waals surface area (Å²) < 4.78 is 13.5. The van der Waals surface area contributed by atoms with E-state index in [-0.39, 0.29) is 5.82 Å². The van der Waals surface area contributed by atoms with Crippen molar-refractivity contribution < 1.29 is 4.39 Å². The van der Waals surface area contributed by atoms with Crippen molar-refractivity contribution in [2.75, 3.05) is 13.1 Å². The van der Waals surface area contributed by atoms with Crippen LogP contribution in [-0.2, 0) is 6.54 Å². The maximum absolute atomic E-state index is 13.5. The van der Waals surface area contributed by atoms with Gasteiger partial charge in [-0.3, -0.25) is 4.90 Å². The summed E-state index contributed by atoms with van der Waals surface area (Å²) in [4.78, 5) is 2.36. The van der Waals surface area contributed by atoms with Crippen molar-refractivity contribution in [3.05, 3.63) is 35.1 Å². The van der Waals surface area contributed by atoms with Gasteiger partial charge in [0.15, 0.2) is 0 Å². The largest absolute Gasteiger partial charge is 0.327 e. The Kier molecular flexibility index (Phi) is 3.73. The van der Waals surface area contributed by atoms with Crippen LogP contribution in [0, 0.1) is 29.0 Å². The summed E-state index contributed by atoms with van der Waals surface area (Å²) in [7, 11) is 0. The molecule has 1 saturated heterocycles. The summed E-state index contributed by atoms with van der Waals surface area (Å²) in [5.74, 6) is 0.961. The van der Waals surface area contributed by atoms with E-state index < -0.39 is 0 Å². The van der Waals surface area contributed by atoms with E-state index in [4.69, 9.17) is 11.0 Å². The van der Waals surface area contributed by atoms with Gasteiger partial charge in [-0.2, -0.15) is 5.26 Å². The van der Waals surface area contributed by atoms with Crippen molar-refractivity contribution in [1.29, 1.82) is 5.26 Å². The highest BCUT2D eigenvalue weighted by Crippen LogP contribution is 2.36. The molecule has 4 heteroatoms. The predicted molar refractivity (Wildman–Crippen MR) is 75.2 cm³/mol. The van der Waals surface area contributed by atoms with E-state index in [2.05, 4.69) is 4.90 Å². The Bertz CT molecular complexity index is 537. The lowest BCUT2D eigenvalue weighted by Crippen LogP contribution is -2.38. The number of hydrogen-bond acceptors (Lipinski definition) is 3. The summed E-state index contributed by atoms with van der Waals surface area (Å²) in [6.45, 7) is 2.77. The van der Waals surface area contributed by atoms with E-state index >= 15 is 0 Å². The molecule has 2 aliphatic rings. The van der Waals surface area contributed by atoms with Crippen LogP contribution in [0.2, 0.25) is 0 Å². The monoisotopic (exact) mass is 273 g/mol. The predicted octanol–water partition coefficient (Wildman–Crippen LogP) is 2.26. The number of hydrogen-bond donors (Lipinski definition) is 1. The number of rotatable bonds is 2. The highest BCUT2D eigenvalue weighted by Gasteiger charge is 2.38. The van der Waals surface area contributed by atoms with Crippen molar-refractivity contribution in [2.45, 2.75) is 31.8 Å². The SMILES string of the molecule is N#Cc1cc(F)cc(CN2CC3CCCC(N)C3C2)c1. The lowest BCUT2D eigenvalue weighted by molar-refractivity contribution is 0.259. The number of nitrogens with two attached hydrogens (primary N) is 1. The molecule has 1 aromatic carbocycles. The lowest BCUT2D eigenvalue weighted by atomic mass is 9.78. The second-order valence-electron chi connectivity index (χ2n) is 6.17. The molecule has 0 aromatic heterocycles. The van der Waals surface area contributed by atoms with Crippen LogP contribution in [0.15, 0.2) is 18.2 Å². The maximum Gasteiger partial charge on any atom is 0.124 e. The number of nitrogens with zero attached hydrogens (tertiary/aromatic N) is 2. The Morgan fingerprint density at radius 3 is 2.90 bits per heavy atom. The first kappa shape index (κ1) is 13.5. The molecule has 106 valence electrons. The molecule has 0 spiro atoms. The number of nitriles is 1. The van der Waals surface area contributed by atoms with E-state index in [9.17, 15) is 4.39 Å². The van der Waals surface area contributed by atoms with Crippen LogP contribution in [0.1, 0.15) is 30.4 Å². The smallest absolute Gasteiger partial charge is 0.124 e. The molecule has 3 rings (SSSR count). The molecule has 3 unspecified atom stereocenters. The molecule has 1 heterocycles. The van der Waals surface area contributed by atoms with Gasteiger partial charge in [-0.1, -0.05) is 6.42 Å². The first-order valence-corrected chi connectivity index (χ1v) is 7.33. The van der Waals surface area contributed by atoms with E-state index in [1.54, 1.807) is 6.07 Å². The summed E-state index contributed by atoms with van der Waals surface area (Å²) in [6.07, 6.45) is 3.63. The molecular weight excluding hydrogens is 253 g/mol. The van der Waals surface area contributed by atoms with E-state index in [0.717, 1.165) is 25.1 Å². The molecule has 0 radical (unpaired) electrons. The van der Waals surface area contributed by atoms with Gasteiger partial charge >= 0.3 is 0 Å². The second-order valence-corrected chi connectivity index (χ2v) is 6.17. The minimum absolute atomic E-state index is 0.320. The zero-order valence-corrected chi connectivity index (χ0v) is 11.6. The molecule has 1 saturated carbocycles. The van der Waals surface area contributed by atoms with Crippen LogP contribution < -0.4 is 5.73 Å². The molecule has 0 bridgehead atoms. The average Bonchev–Trinajstić information content (AvgIpc) is 2.82. The Hall–Kier alpha value is -1.44. The third kappa shape index (κ3) is 2.70. The third-order valence-electron chi connectivity index (χ3n) is 4.72. The van der Waals surface area contributed by atoms with Crippen molar-refractivity contribution in [3.8, 4) is 6.07 Å². The molecule has 3 nitrogen and oxygen atoms in total. The standard InChI is InChI=1S/C16H20FN3/c17-14-5-11(7-18)4-12(6-14)8-20-9-13-2-1-3-16(19)15(13)10-20/h4-6,13,15-16H,1-3,8-10,19H2. The van der Waals surface area contributed by atoms with Crippen LogP contribution >= 0.6 is 0 Å². The van der Waals surface area contributed by atoms with Gasteiger partial charge in [0.1, 0.15) is 5.82 Å². The topological polar surface area (TPSA) is 53.0 Å². The van der Waals surface area contributed by atoms with Crippen molar-refractivity contribution >= 4 is 0 Å². The average molecular weight is 273 g/mol. The van der Waals surface area contributed by atoms with Crippen LogP contribution in [-0.4, -0.2) is 24.0 Å². The van der Waals surface area contributed by atoms with Crippen LogP contribution in [0.4, 0.5) is 4.39 Å². The molecule has 1 aliphatic heterocycles. The van der Waals surface area contributed by atoms with E-state index in [0.29, 0.717) is 30.0 Å². The van der Waals surface area contributed by atoms with Crippen molar-refractivity contribution in [2.24, 2.45) is 17.6 Å². The summed E-state index contributed by atoms with van der Waals surface area (Å²) in [6, 6.07) is 6.93. The third-order valence-corrected chi connectivity index (χ3v) is 4.72. The minimum Gasteiger partial charge on any atom is -0.327 e. The van der Waals surface area contributed by atoms with Gasteiger partial charge in [0.05, 0.1) is 11.6 Å². The quantitative estimate of drug-likeness (QED) is 0.899. The zero-order chi connectivity index (χ0) is 14.1. The van der Waals surface area contributed by atoms with Gasteiger partial charge in [0.2, 0.25) is 0 Å². The zero-order valence-electron chi connectivity index (χ0n) is 11.6. The number of benzene rings is 1. The number of halogens is 1. The molecule has 1 aromatic rings. The van der Waals surface area contributed by atoms with Crippen LogP contribution in [0.25, 0.3) is 0 Å². The van der Waals surface area contributed by atoms with E-state index in [1.165, 1.54) is 25.0 Å². The Morgan fingerprint density at radius 1 is 1.30 bits per heavy atom. The minimum atomic E-state index is -0.327. The first-order valence-electron chi connectivity index (χ1n) is 7.33. The lowest BCUT2D eigenvalue weighted by Gasteiger charge is -2.29. The Balaban J connectivity index is 1.70. The van der Waals surface area contributed by atoms with Crippen molar-refractivity contribution in [3.63, 3.8) is 0 Å². The Labute approximate surface area is 119 Å².